The van der Waals surface area contributed by atoms with E-state index in [2.05, 4.69) is 5.10 Å². The summed E-state index contributed by atoms with van der Waals surface area (Å²) in [6.45, 7) is 5.77. The summed E-state index contributed by atoms with van der Waals surface area (Å²) >= 11 is 6.26. The third-order valence-corrected chi connectivity index (χ3v) is 3.65. The Kier molecular flexibility index (Phi) is 5.04. The van der Waals surface area contributed by atoms with Gasteiger partial charge in [0.1, 0.15) is 12.4 Å². The number of aryl methyl sites for hydroxylation is 2. The number of hydrogen-bond acceptors (Lipinski definition) is 3. The molecule has 0 aliphatic heterocycles. The number of ether oxygens (including phenoxy) is 1. The Hall–Kier alpha value is -1.52. The topological polar surface area (TPSA) is 53.1 Å². The van der Waals surface area contributed by atoms with Gasteiger partial charge in [-0.1, -0.05) is 23.7 Å². The summed E-state index contributed by atoms with van der Waals surface area (Å²) in [5.41, 5.74) is 8.49. The molecule has 1 aromatic heterocycles. The van der Waals surface area contributed by atoms with Crippen LogP contribution in [0.2, 0.25) is 5.02 Å². The second-order valence-electron chi connectivity index (χ2n) is 4.64. The molecule has 2 rings (SSSR count). The van der Waals surface area contributed by atoms with E-state index in [0.29, 0.717) is 18.2 Å². The van der Waals surface area contributed by atoms with E-state index in [1.165, 1.54) is 5.56 Å². The minimum atomic E-state index is 0.416. The van der Waals surface area contributed by atoms with Crippen LogP contribution < -0.4 is 10.5 Å². The third kappa shape index (κ3) is 3.32. The van der Waals surface area contributed by atoms with Crippen molar-refractivity contribution in [3.63, 3.8) is 0 Å². The minimum absolute atomic E-state index is 0.416. The van der Waals surface area contributed by atoms with Gasteiger partial charge in [-0.3, -0.25) is 4.68 Å². The molecule has 0 unspecified atom stereocenters. The fourth-order valence-corrected chi connectivity index (χ4v) is 2.31. The second kappa shape index (κ2) is 6.77. The molecule has 0 fully saturated rings. The van der Waals surface area contributed by atoms with E-state index in [1.54, 1.807) is 0 Å². The van der Waals surface area contributed by atoms with E-state index in [1.807, 2.05) is 42.8 Å². The molecule has 1 heterocycles. The smallest absolute Gasteiger partial charge is 0.131 e. The summed E-state index contributed by atoms with van der Waals surface area (Å²) in [4.78, 5) is 0. The number of halogens is 1. The number of benzene rings is 1. The van der Waals surface area contributed by atoms with E-state index in [4.69, 9.17) is 22.1 Å². The number of hydrogen-bond donors (Lipinski definition) is 1. The molecule has 0 atom stereocenters. The first-order valence-corrected chi connectivity index (χ1v) is 7.17. The molecule has 20 heavy (non-hydrogen) atoms. The summed E-state index contributed by atoms with van der Waals surface area (Å²) < 4.78 is 7.71. The maximum Gasteiger partial charge on any atom is 0.131 e. The fraction of sp³-hybridized carbons (Fsp3) is 0.400. The Morgan fingerprint density at radius 3 is 2.90 bits per heavy atom. The van der Waals surface area contributed by atoms with Crippen LogP contribution in [0.3, 0.4) is 0 Å². The molecule has 0 aliphatic carbocycles. The lowest BCUT2D eigenvalue weighted by Gasteiger charge is -2.09. The Morgan fingerprint density at radius 2 is 2.20 bits per heavy atom. The number of aromatic nitrogens is 2. The Balaban J connectivity index is 2.10. The largest absolute Gasteiger partial charge is 0.487 e. The number of rotatable bonds is 6. The van der Waals surface area contributed by atoms with Gasteiger partial charge in [0.2, 0.25) is 0 Å². The summed E-state index contributed by atoms with van der Waals surface area (Å²) in [5.74, 6) is 0.827. The molecule has 108 valence electrons. The third-order valence-electron chi connectivity index (χ3n) is 3.16. The Bertz CT molecular complexity index is 580. The van der Waals surface area contributed by atoms with E-state index in [0.717, 1.165) is 30.1 Å². The van der Waals surface area contributed by atoms with Crippen LogP contribution >= 0.6 is 11.6 Å². The van der Waals surface area contributed by atoms with Crippen molar-refractivity contribution in [2.75, 3.05) is 6.54 Å². The van der Waals surface area contributed by atoms with Gasteiger partial charge in [0.15, 0.2) is 0 Å². The zero-order valence-electron chi connectivity index (χ0n) is 11.9. The first-order chi connectivity index (χ1) is 9.65. The molecule has 2 aromatic rings. The average Bonchev–Trinajstić information content (AvgIpc) is 2.73. The van der Waals surface area contributed by atoms with Gasteiger partial charge >= 0.3 is 0 Å². The normalized spacial score (nSPS) is 10.8. The highest BCUT2D eigenvalue weighted by molar-refractivity contribution is 6.31. The second-order valence-corrected chi connectivity index (χ2v) is 5.01. The van der Waals surface area contributed by atoms with Crippen molar-refractivity contribution in [3.8, 4) is 5.75 Å². The number of nitrogens with zero attached hydrogens (tertiary/aromatic N) is 2. The van der Waals surface area contributed by atoms with E-state index >= 15 is 0 Å². The molecule has 0 radical (unpaired) electrons. The van der Waals surface area contributed by atoms with Crippen LogP contribution in [0.5, 0.6) is 5.75 Å². The van der Waals surface area contributed by atoms with Gasteiger partial charge in [0.25, 0.3) is 0 Å². The van der Waals surface area contributed by atoms with Crippen LogP contribution in [-0.2, 0) is 19.6 Å². The molecule has 1 aromatic carbocycles. The van der Waals surface area contributed by atoms with Gasteiger partial charge in [-0.2, -0.15) is 5.10 Å². The molecule has 0 aliphatic rings. The minimum Gasteiger partial charge on any atom is -0.487 e. The van der Waals surface area contributed by atoms with Gasteiger partial charge in [-0.15, -0.1) is 0 Å². The zero-order chi connectivity index (χ0) is 14.5. The van der Waals surface area contributed by atoms with Crippen LogP contribution in [0.1, 0.15) is 23.9 Å². The van der Waals surface area contributed by atoms with Gasteiger partial charge in [0, 0.05) is 6.54 Å². The quantitative estimate of drug-likeness (QED) is 0.891. The summed E-state index contributed by atoms with van der Waals surface area (Å²) in [5, 5.41) is 5.06. The molecule has 0 spiro atoms. The van der Waals surface area contributed by atoms with Crippen molar-refractivity contribution in [1.29, 1.82) is 0 Å². The Labute approximate surface area is 124 Å². The average molecular weight is 294 g/mol. The van der Waals surface area contributed by atoms with Crippen molar-refractivity contribution in [3.05, 3.63) is 46.2 Å². The Morgan fingerprint density at radius 1 is 1.40 bits per heavy atom. The van der Waals surface area contributed by atoms with E-state index in [9.17, 15) is 0 Å². The molecule has 4 nitrogen and oxygen atoms in total. The molecule has 5 heteroatoms. The molecular formula is C15H20ClN3O. The van der Waals surface area contributed by atoms with Crippen LogP contribution in [0.25, 0.3) is 0 Å². The van der Waals surface area contributed by atoms with E-state index in [-0.39, 0.29) is 0 Å². The molecule has 2 N–H and O–H groups in total. The predicted molar refractivity (Wildman–Crippen MR) is 81.2 cm³/mol. The lowest BCUT2D eigenvalue weighted by atomic mass is 10.1. The fourth-order valence-electron chi connectivity index (χ4n) is 2.12. The molecule has 0 bridgehead atoms. The van der Waals surface area contributed by atoms with Crippen molar-refractivity contribution in [2.24, 2.45) is 5.73 Å². The first kappa shape index (κ1) is 14.9. The maximum absolute atomic E-state index is 6.26. The van der Waals surface area contributed by atoms with E-state index < -0.39 is 0 Å². The van der Waals surface area contributed by atoms with Crippen molar-refractivity contribution < 1.29 is 4.74 Å². The van der Waals surface area contributed by atoms with Crippen molar-refractivity contribution >= 4 is 11.6 Å². The van der Waals surface area contributed by atoms with Crippen molar-refractivity contribution in [1.82, 2.24) is 9.78 Å². The van der Waals surface area contributed by atoms with Gasteiger partial charge in [0.05, 0.1) is 16.4 Å². The summed E-state index contributed by atoms with van der Waals surface area (Å²) in [6, 6.07) is 7.98. The van der Waals surface area contributed by atoms with Crippen LogP contribution in [0.15, 0.2) is 24.3 Å². The number of nitrogens with two attached hydrogens (primary N) is 1. The summed E-state index contributed by atoms with van der Waals surface area (Å²) in [6.07, 6.45) is 0.851. The molecule has 0 saturated heterocycles. The monoisotopic (exact) mass is 293 g/mol. The van der Waals surface area contributed by atoms with Crippen LogP contribution in [0.4, 0.5) is 0 Å². The molecule has 0 amide bonds. The highest BCUT2D eigenvalue weighted by Gasteiger charge is 2.13. The van der Waals surface area contributed by atoms with Crippen LogP contribution in [-0.4, -0.2) is 16.3 Å². The van der Waals surface area contributed by atoms with Crippen molar-refractivity contribution in [2.45, 2.75) is 33.4 Å². The van der Waals surface area contributed by atoms with Gasteiger partial charge in [-0.05, 0) is 44.5 Å². The van der Waals surface area contributed by atoms with Gasteiger partial charge in [-0.25, -0.2) is 0 Å². The zero-order valence-corrected chi connectivity index (χ0v) is 12.7. The maximum atomic E-state index is 6.26. The van der Waals surface area contributed by atoms with Crippen LogP contribution in [0, 0.1) is 6.92 Å². The standard InChI is InChI=1S/C15H20ClN3O/c1-3-19-14(15(16)11(2)18-19)10-20-13-6-4-5-12(9-13)7-8-17/h4-6,9H,3,7-8,10,17H2,1-2H3. The first-order valence-electron chi connectivity index (χ1n) is 6.79. The highest BCUT2D eigenvalue weighted by Crippen LogP contribution is 2.22. The lowest BCUT2D eigenvalue weighted by Crippen LogP contribution is -2.07. The molecule has 0 saturated carbocycles. The highest BCUT2D eigenvalue weighted by atomic mass is 35.5. The molecular weight excluding hydrogens is 274 g/mol. The predicted octanol–water partition coefficient (Wildman–Crippen LogP) is 2.95. The lowest BCUT2D eigenvalue weighted by molar-refractivity contribution is 0.292. The SMILES string of the molecule is CCn1nc(C)c(Cl)c1COc1cccc(CCN)c1. The summed E-state index contributed by atoms with van der Waals surface area (Å²) in [7, 11) is 0. The van der Waals surface area contributed by atoms with Gasteiger partial charge < -0.3 is 10.5 Å².